The second kappa shape index (κ2) is 7.24. The van der Waals surface area contributed by atoms with Gasteiger partial charge < -0.3 is 4.74 Å². The van der Waals surface area contributed by atoms with E-state index in [1.165, 1.54) is 42.2 Å². The number of ether oxygens (including phenoxy) is 1. The molecular formula is C16H14F3NO4S. The standard InChI is InChI=1S/C16H14F3NO4S/c1-24-13-8-6-11(7-9-13)15(21)14-5-3-2-4-12(14)10-20-25(22,23)16(17,18)19/h2-9,20H,10H2,1H3. The number of ketones is 1. The van der Waals surface area contributed by atoms with Crippen molar-refractivity contribution >= 4 is 15.8 Å². The van der Waals surface area contributed by atoms with Crippen LogP contribution in [0.1, 0.15) is 21.5 Å². The Bertz CT molecular complexity index is 862. The Labute approximate surface area is 142 Å². The van der Waals surface area contributed by atoms with Gasteiger partial charge in [-0.15, -0.1) is 0 Å². The van der Waals surface area contributed by atoms with Crippen LogP contribution in [0.4, 0.5) is 13.2 Å². The first-order valence-corrected chi connectivity index (χ1v) is 8.46. The van der Waals surface area contributed by atoms with Gasteiger partial charge in [0.2, 0.25) is 0 Å². The van der Waals surface area contributed by atoms with Crippen LogP contribution >= 0.6 is 0 Å². The summed E-state index contributed by atoms with van der Waals surface area (Å²) in [4.78, 5) is 12.5. The Morgan fingerprint density at radius 1 is 1.08 bits per heavy atom. The third-order valence-electron chi connectivity index (χ3n) is 3.37. The fourth-order valence-corrected chi connectivity index (χ4v) is 2.56. The minimum Gasteiger partial charge on any atom is -0.497 e. The molecule has 9 heteroatoms. The van der Waals surface area contributed by atoms with Crippen molar-refractivity contribution in [2.75, 3.05) is 7.11 Å². The number of methoxy groups -OCH3 is 1. The van der Waals surface area contributed by atoms with Gasteiger partial charge in [0.25, 0.3) is 0 Å². The molecule has 0 atom stereocenters. The summed E-state index contributed by atoms with van der Waals surface area (Å²) >= 11 is 0. The van der Waals surface area contributed by atoms with E-state index in [0.29, 0.717) is 11.3 Å². The Balaban J connectivity index is 2.27. The van der Waals surface area contributed by atoms with Gasteiger partial charge in [0, 0.05) is 17.7 Å². The number of benzene rings is 2. The highest BCUT2D eigenvalue weighted by Crippen LogP contribution is 2.23. The van der Waals surface area contributed by atoms with Gasteiger partial charge in [-0.25, -0.2) is 13.1 Å². The van der Waals surface area contributed by atoms with Gasteiger partial charge in [0.15, 0.2) is 5.78 Å². The van der Waals surface area contributed by atoms with Crippen LogP contribution in [0, 0.1) is 0 Å². The molecule has 2 rings (SSSR count). The SMILES string of the molecule is COc1ccc(C(=O)c2ccccc2CNS(=O)(=O)C(F)(F)F)cc1. The number of halogens is 3. The Morgan fingerprint density at radius 3 is 2.24 bits per heavy atom. The van der Waals surface area contributed by atoms with E-state index in [1.54, 1.807) is 18.2 Å². The zero-order valence-electron chi connectivity index (χ0n) is 13.0. The zero-order chi connectivity index (χ0) is 18.7. The molecular weight excluding hydrogens is 359 g/mol. The molecule has 0 saturated carbocycles. The van der Waals surface area contributed by atoms with E-state index in [-0.39, 0.29) is 11.1 Å². The van der Waals surface area contributed by atoms with Crippen molar-refractivity contribution in [3.05, 3.63) is 65.2 Å². The van der Waals surface area contributed by atoms with E-state index in [4.69, 9.17) is 4.74 Å². The molecule has 0 amide bonds. The molecule has 0 aliphatic heterocycles. The first-order valence-electron chi connectivity index (χ1n) is 6.98. The van der Waals surface area contributed by atoms with Crippen molar-refractivity contribution in [2.24, 2.45) is 0 Å². The van der Waals surface area contributed by atoms with Crippen LogP contribution in [-0.2, 0) is 16.6 Å². The van der Waals surface area contributed by atoms with E-state index in [0.717, 1.165) is 0 Å². The van der Waals surface area contributed by atoms with Crippen LogP contribution in [0.25, 0.3) is 0 Å². The van der Waals surface area contributed by atoms with Gasteiger partial charge in [-0.2, -0.15) is 13.2 Å². The Hall–Kier alpha value is -2.39. The van der Waals surface area contributed by atoms with Gasteiger partial charge in [-0.05, 0) is 29.8 Å². The van der Waals surface area contributed by atoms with Crippen LogP contribution in [0.3, 0.4) is 0 Å². The summed E-state index contributed by atoms with van der Waals surface area (Å²) in [5.41, 5.74) is -4.87. The van der Waals surface area contributed by atoms with Gasteiger partial charge >= 0.3 is 15.5 Å². The maximum atomic E-state index is 12.5. The van der Waals surface area contributed by atoms with Gasteiger partial charge in [0.1, 0.15) is 5.75 Å². The second-order valence-corrected chi connectivity index (χ2v) is 6.74. The number of hydrogen-bond acceptors (Lipinski definition) is 4. The summed E-state index contributed by atoms with van der Waals surface area (Å²) in [6.07, 6.45) is 0. The highest BCUT2D eigenvalue weighted by molar-refractivity contribution is 7.90. The topological polar surface area (TPSA) is 72.5 Å². The molecule has 0 heterocycles. The molecule has 2 aromatic rings. The molecule has 0 fully saturated rings. The van der Waals surface area contributed by atoms with Crippen molar-refractivity contribution in [2.45, 2.75) is 12.1 Å². The largest absolute Gasteiger partial charge is 0.511 e. The summed E-state index contributed by atoms with van der Waals surface area (Å²) in [6.45, 7) is -0.653. The number of carbonyl (C=O) groups is 1. The molecule has 1 N–H and O–H groups in total. The molecule has 0 spiro atoms. The van der Waals surface area contributed by atoms with Crippen molar-refractivity contribution in [3.63, 3.8) is 0 Å². The smallest absolute Gasteiger partial charge is 0.497 e. The fourth-order valence-electron chi connectivity index (χ4n) is 2.05. The minimum atomic E-state index is -5.49. The number of alkyl halides is 3. The van der Waals surface area contributed by atoms with Crippen LogP contribution in [-0.4, -0.2) is 26.8 Å². The number of nitrogens with one attached hydrogen (secondary N) is 1. The van der Waals surface area contributed by atoms with Crippen molar-refractivity contribution < 1.29 is 31.1 Å². The lowest BCUT2D eigenvalue weighted by Gasteiger charge is -2.12. The van der Waals surface area contributed by atoms with Crippen LogP contribution in [0.5, 0.6) is 5.75 Å². The van der Waals surface area contributed by atoms with E-state index in [1.807, 2.05) is 0 Å². The average molecular weight is 373 g/mol. The molecule has 0 unspecified atom stereocenters. The summed E-state index contributed by atoms with van der Waals surface area (Å²) in [7, 11) is -4.02. The quantitative estimate of drug-likeness (QED) is 0.791. The third-order valence-corrected chi connectivity index (χ3v) is 4.51. The average Bonchev–Trinajstić information content (AvgIpc) is 2.59. The van der Waals surface area contributed by atoms with Crippen LogP contribution in [0.15, 0.2) is 48.5 Å². The minimum absolute atomic E-state index is 0.109. The number of hydrogen-bond donors (Lipinski definition) is 1. The van der Waals surface area contributed by atoms with Crippen molar-refractivity contribution in [1.29, 1.82) is 0 Å². The molecule has 0 radical (unpaired) electrons. The van der Waals surface area contributed by atoms with Gasteiger partial charge in [0.05, 0.1) is 7.11 Å². The maximum Gasteiger partial charge on any atom is 0.511 e. The lowest BCUT2D eigenvalue weighted by atomic mass is 9.98. The highest BCUT2D eigenvalue weighted by Gasteiger charge is 2.45. The van der Waals surface area contributed by atoms with Crippen LogP contribution < -0.4 is 9.46 Å². The molecule has 2 aromatic carbocycles. The molecule has 0 saturated heterocycles. The number of carbonyl (C=O) groups excluding carboxylic acids is 1. The molecule has 134 valence electrons. The lowest BCUT2D eigenvalue weighted by molar-refractivity contribution is -0.0448. The maximum absolute atomic E-state index is 12.5. The Kier molecular flexibility index (Phi) is 5.48. The number of rotatable bonds is 6. The highest BCUT2D eigenvalue weighted by atomic mass is 32.2. The molecule has 0 aromatic heterocycles. The first kappa shape index (κ1) is 18.9. The first-order chi connectivity index (χ1) is 11.7. The predicted octanol–water partition coefficient (Wildman–Crippen LogP) is 2.87. The molecule has 0 bridgehead atoms. The summed E-state index contributed by atoms with van der Waals surface area (Å²) in [5.74, 6) is 0.104. The van der Waals surface area contributed by atoms with E-state index in [2.05, 4.69) is 0 Å². The molecule has 0 aliphatic rings. The third kappa shape index (κ3) is 4.37. The van der Waals surface area contributed by atoms with Crippen LogP contribution in [0.2, 0.25) is 0 Å². The molecule has 0 aliphatic carbocycles. The van der Waals surface area contributed by atoms with Gasteiger partial charge in [-0.3, -0.25) is 4.79 Å². The molecule has 25 heavy (non-hydrogen) atoms. The second-order valence-electron chi connectivity index (χ2n) is 4.99. The summed E-state index contributed by atoms with van der Waals surface area (Å²) in [6, 6.07) is 12.0. The van der Waals surface area contributed by atoms with Gasteiger partial charge in [-0.1, -0.05) is 24.3 Å². The monoisotopic (exact) mass is 373 g/mol. The van der Waals surface area contributed by atoms with E-state index in [9.17, 15) is 26.4 Å². The predicted molar refractivity (Wildman–Crippen MR) is 84.7 cm³/mol. The number of sulfonamides is 1. The Morgan fingerprint density at radius 2 is 1.68 bits per heavy atom. The molecule has 5 nitrogen and oxygen atoms in total. The van der Waals surface area contributed by atoms with Crippen molar-refractivity contribution in [1.82, 2.24) is 4.72 Å². The fraction of sp³-hybridized carbons (Fsp3) is 0.188. The zero-order valence-corrected chi connectivity index (χ0v) is 13.8. The lowest BCUT2D eigenvalue weighted by Crippen LogP contribution is -2.36. The van der Waals surface area contributed by atoms with Crippen molar-refractivity contribution in [3.8, 4) is 5.75 Å². The van der Waals surface area contributed by atoms with E-state index >= 15 is 0 Å². The summed E-state index contributed by atoms with van der Waals surface area (Å²) < 4.78 is 65.9. The van der Waals surface area contributed by atoms with E-state index < -0.39 is 27.9 Å². The summed E-state index contributed by atoms with van der Waals surface area (Å²) in [5, 5.41) is 0. The normalized spacial score (nSPS) is 12.0.